The molecule has 1 aromatic heterocycles. The number of anilines is 1. The number of nitrogens with zero attached hydrogens (tertiary/aromatic N) is 3. The maximum atomic E-state index is 11.1. The third kappa shape index (κ3) is 3.64. The van der Waals surface area contributed by atoms with Gasteiger partial charge in [-0.3, -0.25) is 10.1 Å². The summed E-state index contributed by atoms with van der Waals surface area (Å²) in [4.78, 5) is 10.6. The molecule has 0 saturated carbocycles. The first kappa shape index (κ1) is 15.4. The van der Waals surface area contributed by atoms with Crippen LogP contribution < -0.4 is 5.32 Å². The van der Waals surface area contributed by atoms with Crippen molar-refractivity contribution in [2.45, 2.75) is 6.54 Å². The molecule has 0 aliphatic heterocycles. The molecule has 1 heterocycles. The summed E-state index contributed by atoms with van der Waals surface area (Å²) in [6.45, 7) is 0.354. The Hall–Kier alpha value is -2.51. The first-order chi connectivity index (χ1) is 11.1. The lowest BCUT2D eigenvalue weighted by Gasteiger charge is -2.05. The summed E-state index contributed by atoms with van der Waals surface area (Å²) in [5.74, 6) is 0. The second-order valence-corrected chi connectivity index (χ2v) is 6.14. The lowest BCUT2D eigenvalue weighted by molar-refractivity contribution is -0.383. The fourth-order valence-electron chi connectivity index (χ4n) is 2.00. The molecule has 0 fully saturated rings. The van der Waals surface area contributed by atoms with Crippen molar-refractivity contribution in [1.82, 2.24) is 10.2 Å². The van der Waals surface area contributed by atoms with Crippen molar-refractivity contribution < 1.29 is 4.92 Å². The molecule has 6 nitrogen and oxygen atoms in total. The third-order valence-corrected chi connectivity index (χ3v) is 4.28. The SMILES string of the molecule is O=[N+]([O-])c1cc(Cl)ccc1NCc1nnc(-c2ccccc2)s1. The van der Waals surface area contributed by atoms with Gasteiger partial charge in [0.2, 0.25) is 0 Å². The number of benzene rings is 2. The zero-order valence-electron chi connectivity index (χ0n) is 11.8. The molecule has 3 rings (SSSR count). The number of hydrogen-bond acceptors (Lipinski definition) is 6. The number of nitrogens with one attached hydrogen (secondary N) is 1. The molecular formula is C15H11ClN4O2S. The number of aromatic nitrogens is 2. The molecule has 0 unspecified atom stereocenters. The molecular weight excluding hydrogens is 336 g/mol. The first-order valence-electron chi connectivity index (χ1n) is 6.69. The average molecular weight is 347 g/mol. The predicted octanol–water partition coefficient (Wildman–Crippen LogP) is 4.38. The van der Waals surface area contributed by atoms with E-state index in [2.05, 4.69) is 15.5 Å². The molecule has 0 aliphatic carbocycles. The van der Waals surface area contributed by atoms with E-state index in [1.807, 2.05) is 30.3 Å². The van der Waals surface area contributed by atoms with Crippen molar-refractivity contribution >= 4 is 34.3 Å². The number of rotatable bonds is 5. The van der Waals surface area contributed by atoms with Gasteiger partial charge in [0.15, 0.2) is 0 Å². The van der Waals surface area contributed by atoms with Crippen molar-refractivity contribution in [3.63, 3.8) is 0 Å². The normalized spacial score (nSPS) is 10.5. The highest BCUT2D eigenvalue weighted by Gasteiger charge is 2.15. The molecule has 8 heteroatoms. The molecule has 0 atom stereocenters. The number of halogens is 1. The standard InChI is InChI=1S/C15H11ClN4O2S/c16-11-6-7-12(13(8-11)20(21)22)17-9-14-18-19-15(23-14)10-4-2-1-3-5-10/h1-8,17H,9H2. The Labute approximate surface area is 140 Å². The van der Waals surface area contributed by atoms with E-state index in [1.54, 1.807) is 12.1 Å². The minimum atomic E-state index is -0.469. The average Bonchev–Trinajstić information content (AvgIpc) is 3.03. The van der Waals surface area contributed by atoms with Gasteiger partial charge in [0.05, 0.1) is 11.5 Å². The van der Waals surface area contributed by atoms with E-state index in [1.165, 1.54) is 17.4 Å². The van der Waals surface area contributed by atoms with Crippen LogP contribution in [0.25, 0.3) is 10.6 Å². The van der Waals surface area contributed by atoms with Crippen LogP contribution in [0.2, 0.25) is 5.02 Å². The number of hydrogen-bond donors (Lipinski definition) is 1. The summed E-state index contributed by atoms with van der Waals surface area (Å²) >= 11 is 7.24. The molecule has 2 aromatic carbocycles. The molecule has 0 bridgehead atoms. The Morgan fingerprint density at radius 2 is 1.96 bits per heavy atom. The van der Waals surface area contributed by atoms with Crippen molar-refractivity contribution in [1.29, 1.82) is 0 Å². The van der Waals surface area contributed by atoms with E-state index < -0.39 is 4.92 Å². The van der Waals surface area contributed by atoms with Crippen LogP contribution in [0.1, 0.15) is 5.01 Å². The van der Waals surface area contributed by atoms with Crippen LogP contribution in [0, 0.1) is 10.1 Å². The van der Waals surface area contributed by atoms with Gasteiger partial charge < -0.3 is 5.32 Å². The van der Waals surface area contributed by atoms with Gasteiger partial charge in [-0.15, -0.1) is 10.2 Å². The van der Waals surface area contributed by atoms with Gasteiger partial charge in [-0.2, -0.15) is 0 Å². The Morgan fingerprint density at radius 3 is 2.70 bits per heavy atom. The summed E-state index contributed by atoms with van der Waals surface area (Å²) < 4.78 is 0. The second kappa shape index (κ2) is 6.72. The van der Waals surface area contributed by atoms with Crippen LogP contribution in [0.4, 0.5) is 11.4 Å². The lowest BCUT2D eigenvalue weighted by Crippen LogP contribution is -2.02. The van der Waals surface area contributed by atoms with Crippen molar-refractivity contribution in [3.8, 4) is 10.6 Å². The maximum Gasteiger partial charge on any atom is 0.293 e. The highest BCUT2D eigenvalue weighted by molar-refractivity contribution is 7.14. The summed E-state index contributed by atoms with van der Waals surface area (Å²) in [6, 6.07) is 14.2. The minimum absolute atomic E-state index is 0.0645. The zero-order chi connectivity index (χ0) is 16.2. The van der Waals surface area contributed by atoms with Gasteiger partial charge in [-0.1, -0.05) is 53.3 Å². The van der Waals surface area contributed by atoms with Crippen LogP contribution in [0.5, 0.6) is 0 Å². The Balaban J connectivity index is 1.75. The van der Waals surface area contributed by atoms with Crippen LogP contribution in [0.15, 0.2) is 48.5 Å². The highest BCUT2D eigenvalue weighted by Crippen LogP contribution is 2.29. The van der Waals surface area contributed by atoms with E-state index in [4.69, 9.17) is 11.6 Å². The smallest absolute Gasteiger partial charge is 0.293 e. The summed E-state index contributed by atoms with van der Waals surface area (Å²) in [6.07, 6.45) is 0. The summed E-state index contributed by atoms with van der Waals surface area (Å²) in [5, 5.41) is 24.2. The van der Waals surface area contributed by atoms with E-state index in [-0.39, 0.29) is 5.69 Å². The van der Waals surface area contributed by atoms with Gasteiger partial charge in [-0.25, -0.2) is 0 Å². The maximum absolute atomic E-state index is 11.1. The monoisotopic (exact) mass is 346 g/mol. The molecule has 116 valence electrons. The number of nitro benzene ring substituents is 1. The summed E-state index contributed by atoms with van der Waals surface area (Å²) in [7, 11) is 0. The van der Waals surface area contributed by atoms with Gasteiger partial charge >= 0.3 is 0 Å². The van der Waals surface area contributed by atoms with Crippen LogP contribution in [-0.2, 0) is 6.54 Å². The molecule has 0 aliphatic rings. The Bertz CT molecular complexity index is 839. The van der Waals surface area contributed by atoms with Gasteiger partial charge in [0, 0.05) is 16.7 Å². The highest BCUT2D eigenvalue weighted by atomic mass is 35.5. The van der Waals surface area contributed by atoms with Crippen LogP contribution in [-0.4, -0.2) is 15.1 Å². The third-order valence-electron chi connectivity index (χ3n) is 3.07. The van der Waals surface area contributed by atoms with E-state index in [0.717, 1.165) is 15.6 Å². The molecule has 3 aromatic rings. The van der Waals surface area contributed by atoms with Crippen LogP contribution in [0.3, 0.4) is 0 Å². The molecule has 0 spiro atoms. The second-order valence-electron chi connectivity index (χ2n) is 4.64. The fourth-order valence-corrected chi connectivity index (χ4v) is 2.95. The van der Waals surface area contributed by atoms with Gasteiger partial charge in [0.1, 0.15) is 15.7 Å². The van der Waals surface area contributed by atoms with Crippen molar-refractivity contribution in [3.05, 3.63) is 68.7 Å². The van der Waals surface area contributed by atoms with Crippen molar-refractivity contribution in [2.75, 3.05) is 5.32 Å². The van der Waals surface area contributed by atoms with E-state index in [0.29, 0.717) is 17.3 Å². The molecule has 0 saturated heterocycles. The zero-order valence-corrected chi connectivity index (χ0v) is 13.3. The fraction of sp³-hybridized carbons (Fsp3) is 0.0667. The Morgan fingerprint density at radius 1 is 1.17 bits per heavy atom. The van der Waals surface area contributed by atoms with E-state index >= 15 is 0 Å². The summed E-state index contributed by atoms with van der Waals surface area (Å²) in [5.41, 5.74) is 1.33. The molecule has 0 radical (unpaired) electrons. The molecule has 23 heavy (non-hydrogen) atoms. The minimum Gasteiger partial charge on any atom is -0.373 e. The van der Waals surface area contributed by atoms with Gasteiger partial charge in [0.25, 0.3) is 5.69 Å². The van der Waals surface area contributed by atoms with Crippen molar-refractivity contribution in [2.24, 2.45) is 0 Å². The van der Waals surface area contributed by atoms with Crippen LogP contribution >= 0.6 is 22.9 Å². The molecule has 0 amide bonds. The first-order valence-corrected chi connectivity index (χ1v) is 7.88. The predicted molar refractivity (Wildman–Crippen MR) is 90.8 cm³/mol. The van der Waals surface area contributed by atoms with E-state index in [9.17, 15) is 10.1 Å². The quantitative estimate of drug-likeness (QED) is 0.547. The largest absolute Gasteiger partial charge is 0.373 e. The topological polar surface area (TPSA) is 81.0 Å². The molecule has 1 N–H and O–H groups in total. The number of nitro groups is 1. The Kier molecular flexibility index (Phi) is 4.50. The van der Waals surface area contributed by atoms with Gasteiger partial charge in [-0.05, 0) is 12.1 Å². The lowest BCUT2D eigenvalue weighted by atomic mass is 10.2.